The van der Waals surface area contributed by atoms with E-state index in [0.717, 1.165) is 6.42 Å². The maximum absolute atomic E-state index is 11.4. The zero-order valence-electron chi connectivity index (χ0n) is 10.5. The molecule has 0 saturated heterocycles. The molecule has 0 fully saturated rings. The lowest BCUT2D eigenvalue weighted by Crippen LogP contribution is -2.27. The molecule has 0 aliphatic rings. The molecule has 0 heterocycles. The second-order valence-corrected chi connectivity index (χ2v) is 5.50. The SMILES string of the molecule is CC(CC(=O)NCCCO)CC(C)(C)C. The van der Waals surface area contributed by atoms with Crippen LogP contribution >= 0.6 is 0 Å². The molecule has 0 radical (unpaired) electrons. The highest BCUT2D eigenvalue weighted by Crippen LogP contribution is 2.25. The molecule has 0 spiro atoms. The number of aliphatic hydroxyl groups is 1. The second kappa shape index (κ2) is 6.83. The third kappa shape index (κ3) is 9.73. The average Bonchev–Trinajstić information content (AvgIpc) is 2.00. The van der Waals surface area contributed by atoms with Gasteiger partial charge in [0, 0.05) is 19.6 Å². The first-order chi connectivity index (χ1) is 6.85. The minimum Gasteiger partial charge on any atom is -0.396 e. The van der Waals surface area contributed by atoms with Crippen molar-refractivity contribution in [3.05, 3.63) is 0 Å². The van der Waals surface area contributed by atoms with Crippen LogP contribution in [0.25, 0.3) is 0 Å². The smallest absolute Gasteiger partial charge is 0.220 e. The van der Waals surface area contributed by atoms with Crippen molar-refractivity contribution in [1.29, 1.82) is 0 Å². The van der Waals surface area contributed by atoms with E-state index < -0.39 is 0 Å². The summed E-state index contributed by atoms with van der Waals surface area (Å²) in [6.45, 7) is 9.39. The number of carbonyl (C=O) groups excluding carboxylic acids is 1. The van der Waals surface area contributed by atoms with Gasteiger partial charge in [-0.3, -0.25) is 4.79 Å². The van der Waals surface area contributed by atoms with E-state index in [2.05, 4.69) is 33.0 Å². The summed E-state index contributed by atoms with van der Waals surface area (Å²) in [6, 6.07) is 0. The van der Waals surface area contributed by atoms with Crippen molar-refractivity contribution < 1.29 is 9.90 Å². The van der Waals surface area contributed by atoms with Gasteiger partial charge in [0.15, 0.2) is 0 Å². The molecule has 3 heteroatoms. The number of rotatable bonds is 6. The van der Waals surface area contributed by atoms with Crippen LogP contribution in [0, 0.1) is 11.3 Å². The lowest BCUT2D eigenvalue weighted by molar-refractivity contribution is -0.122. The van der Waals surface area contributed by atoms with Gasteiger partial charge in [0.1, 0.15) is 0 Å². The molecule has 1 amide bonds. The summed E-state index contributed by atoms with van der Waals surface area (Å²) < 4.78 is 0. The molecule has 2 N–H and O–H groups in total. The summed E-state index contributed by atoms with van der Waals surface area (Å²) in [4.78, 5) is 11.4. The minimum absolute atomic E-state index is 0.0974. The first kappa shape index (κ1) is 14.4. The summed E-state index contributed by atoms with van der Waals surface area (Å²) in [6.07, 6.45) is 2.28. The Kier molecular flexibility index (Phi) is 6.57. The summed E-state index contributed by atoms with van der Waals surface area (Å²) in [7, 11) is 0. The molecule has 0 aromatic heterocycles. The van der Waals surface area contributed by atoms with E-state index in [1.54, 1.807) is 0 Å². The van der Waals surface area contributed by atoms with Gasteiger partial charge in [0.2, 0.25) is 5.91 Å². The number of amides is 1. The molecule has 1 atom stereocenters. The number of hydrogen-bond donors (Lipinski definition) is 2. The van der Waals surface area contributed by atoms with Gasteiger partial charge in [-0.2, -0.15) is 0 Å². The van der Waals surface area contributed by atoms with E-state index >= 15 is 0 Å². The highest BCUT2D eigenvalue weighted by Gasteiger charge is 2.17. The number of carbonyl (C=O) groups is 1. The Bertz CT molecular complexity index is 185. The maximum atomic E-state index is 11.4. The predicted octanol–water partition coefficient (Wildman–Crippen LogP) is 1.95. The zero-order chi connectivity index (χ0) is 11.9. The molecule has 90 valence electrons. The first-order valence-corrected chi connectivity index (χ1v) is 5.72. The zero-order valence-corrected chi connectivity index (χ0v) is 10.5. The van der Waals surface area contributed by atoms with Crippen molar-refractivity contribution in [3.8, 4) is 0 Å². The lowest BCUT2D eigenvalue weighted by Gasteiger charge is -2.22. The second-order valence-electron chi connectivity index (χ2n) is 5.50. The molecule has 0 saturated carbocycles. The largest absolute Gasteiger partial charge is 0.396 e. The standard InChI is InChI=1S/C12H25NO2/c1-10(9-12(2,3)4)8-11(15)13-6-5-7-14/h10,14H,5-9H2,1-4H3,(H,13,15). The average molecular weight is 215 g/mol. The molecule has 0 rings (SSSR count). The minimum atomic E-state index is 0.0974. The molecular formula is C12H25NO2. The first-order valence-electron chi connectivity index (χ1n) is 5.72. The van der Waals surface area contributed by atoms with Crippen LogP contribution < -0.4 is 5.32 Å². The highest BCUT2D eigenvalue weighted by atomic mass is 16.3. The molecule has 0 aliphatic carbocycles. The van der Waals surface area contributed by atoms with Gasteiger partial charge in [-0.25, -0.2) is 0 Å². The van der Waals surface area contributed by atoms with Crippen LogP contribution in [0.2, 0.25) is 0 Å². The highest BCUT2D eigenvalue weighted by molar-refractivity contribution is 5.76. The summed E-state index contributed by atoms with van der Waals surface area (Å²) in [5.74, 6) is 0.513. The molecule has 0 aromatic rings. The van der Waals surface area contributed by atoms with Crippen LogP contribution in [0.3, 0.4) is 0 Å². The Balaban J connectivity index is 3.67. The van der Waals surface area contributed by atoms with Crippen LogP contribution in [-0.4, -0.2) is 24.2 Å². The van der Waals surface area contributed by atoms with Crippen LogP contribution in [0.1, 0.15) is 47.0 Å². The fourth-order valence-corrected chi connectivity index (χ4v) is 1.81. The third-order valence-electron chi connectivity index (χ3n) is 2.15. The molecule has 0 aromatic carbocycles. The van der Waals surface area contributed by atoms with E-state index in [-0.39, 0.29) is 17.9 Å². The topological polar surface area (TPSA) is 49.3 Å². The Morgan fingerprint density at radius 2 is 2.00 bits per heavy atom. The van der Waals surface area contributed by atoms with Crippen molar-refractivity contribution in [1.82, 2.24) is 5.32 Å². The predicted molar refractivity (Wildman–Crippen MR) is 62.6 cm³/mol. The van der Waals surface area contributed by atoms with Gasteiger partial charge < -0.3 is 10.4 Å². The van der Waals surface area contributed by atoms with E-state index in [0.29, 0.717) is 25.3 Å². The quantitative estimate of drug-likeness (QED) is 0.665. The Labute approximate surface area is 93.3 Å². The van der Waals surface area contributed by atoms with Crippen LogP contribution in [0.5, 0.6) is 0 Å². The monoisotopic (exact) mass is 215 g/mol. The van der Waals surface area contributed by atoms with E-state index in [1.807, 2.05) is 0 Å². The number of aliphatic hydroxyl groups excluding tert-OH is 1. The van der Waals surface area contributed by atoms with Crippen LogP contribution in [-0.2, 0) is 4.79 Å². The van der Waals surface area contributed by atoms with Crippen molar-refractivity contribution in [2.24, 2.45) is 11.3 Å². The summed E-state index contributed by atoms with van der Waals surface area (Å²) in [5.41, 5.74) is 0.283. The van der Waals surface area contributed by atoms with E-state index in [1.165, 1.54) is 0 Å². The van der Waals surface area contributed by atoms with Crippen LogP contribution in [0.15, 0.2) is 0 Å². The molecule has 0 bridgehead atoms. The Hall–Kier alpha value is -0.570. The lowest BCUT2D eigenvalue weighted by atomic mass is 9.84. The van der Waals surface area contributed by atoms with Crippen LogP contribution in [0.4, 0.5) is 0 Å². The van der Waals surface area contributed by atoms with Gasteiger partial charge in [-0.1, -0.05) is 27.7 Å². The third-order valence-corrected chi connectivity index (χ3v) is 2.15. The summed E-state index contributed by atoms with van der Waals surface area (Å²) >= 11 is 0. The Morgan fingerprint density at radius 1 is 1.40 bits per heavy atom. The fourth-order valence-electron chi connectivity index (χ4n) is 1.81. The van der Waals surface area contributed by atoms with Crippen molar-refractivity contribution >= 4 is 5.91 Å². The van der Waals surface area contributed by atoms with Gasteiger partial charge in [0.05, 0.1) is 0 Å². The van der Waals surface area contributed by atoms with E-state index in [4.69, 9.17) is 5.11 Å². The van der Waals surface area contributed by atoms with Crippen molar-refractivity contribution in [3.63, 3.8) is 0 Å². The molecule has 3 nitrogen and oxygen atoms in total. The number of nitrogens with one attached hydrogen (secondary N) is 1. The molecule has 0 aliphatic heterocycles. The van der Waals surface area contributed by atoms with Crippen molar-refractivity contribution in [2.75, 3.05) is 13.2 Å². The Morgan fingerprint density at radius 3 is 2.47 bits per heavy atom. The summed E-state index contributed by atoms with van der Waals surface area (Å²) in [5, 5.41) is 11.4. The van der Waals surface area contributed by atoms with Gasteiger partial charge in [0.25, 0.3) is 0 Å². The van der Waals surface area contributed by atoms with E-state index in [9.17, 15) is 4.79 Å². The molecule has 15 heavy (non-hydrogen) atoms. The maximum Gasteiger partial charge on any atom is 0.220 e. The van der Waals surface area contributed by atoms with Gasteiger partial charge in [-0.05, 0) is 24.2 Å². The van der Waals surface area contributed by atoms with Crippen molar-refractivity contribution in [2.45, 2.75) is 47.0 Å². The fraction of sp³-hybridized carbons (Fsp3) is 0.917. The normalized spacial score (nSPS) is 13.7. The molecular weight excluding hydrogens is 190 g/mol. The molecule has 1 unspecified atom stereocenters. The van der Waals surface area contributed by atoms with Gasteiger partial charge >= 0.3 is 0 Å². The van der Waals surface area contributed by atoms with Gasteiger partial charge in [-0.15, -0.1) is 0 Å². The number of hydrogen-bond acceptors (Lipinski definition) is 2.